The van der Waals surface area contributed by atoms with Crippen molar-refractivity contribution in [1.29, 1.82) is 0 Å². The van der Waals surface area contributed by atoms with Crippen molar-refractivity contribution in [2.45, 2.75) is 0 Å². The van der Waals surface area contributed by atoms with Gasteiger partial charge < -0.3 is 19.6 Å². The van der Waals surface area contributed by atoms with E-state index in [0.717, 1.165) is 0 Å². The summed E-state index contributed by atoms with van der Waals surface area (Å²) in [6.07, 6.45) is 0. The highest BCUT2D eigenvalue weighted by Crippen LogP contribution is 0.989. The van der Waals surface area contributed by atoms with E-state index in [1.165, 1.54) is 0 Å². The van der Waals surface area contributed by atoms with Gasteiger partial charge in [-0.1, -0.05) is 0 Å². The Labute approximate surface area is 38.3 Å². The number of rotatable bonds is 0. The van der Waals surface area contributed by atoms with E-state index in [2.05, 4.69) is 18.0 Å². The molecule has 0 spiro atoms. The number of hydrogen-bond acceptors (Lipinski definition) is 1. The molecule has 0 saturated heterocycles. The van der Waals surface area contributed by atoms with Crippen LogP contribution in [0.5, 0.6) is 0 Å². The summed E-state index contributed by atoms with van der Waals surface area (Å²) in [5.41, 5.74) is 0. The molecule has 2 nitrogen and oxygen atoms in total. The van der Waals surface area contributed by atoms with Crippen molar-refractivity contribution >= 4 is 26.3 Å². The smallest absolute Gasteiger partial charge is 0.0527 e. The monoisotopic (exact) mass is 100 g/mol. The Hall–Kier alpha value is 0.620. The first kappa shape index (κ1) is 23.1. The van der Waals surface area contributed by atoms with Crippen LogP contribution < -0.4 is 11.3 Å². The van der Waals surface area contributed by atoms with E-state index in [9.17, 15) is 0 Å². The fourth-order valence-electron chi connectivity index (χ4n) is 0. The predicted molar refractivity (Wildman–Crippen MR) is 25.2 cm³/mol. The highest BCUT2D eigenvalue weighted by Gasteiger charge is 0.892. The first-order valence-corrected chi connectivity index (χ1v) is 0.949. The summed E-state index contributed by atoms with van der Waals surface area (Å²) in [5, 5.41) is 2.94. The van der Waals surface area contributed by atoms with E-state index in [-0.39, 0.29) is 19.6 Å². The highest BCUT2D eigenvalue weighted by molar-refractivity contribution is 7.72. The Bertz CT molecular complexity index is 4.00. The third-order valence-corrected chi connectivity index (χ3v) is 0. The van der Waals surface area contributed by atoms with Gasteiger partial charge in [-0.25, -0.2) is 0 Å². The first-order chi connectivity index (χ1) is 1.00. The molecule has 0 aliphatic rings. The van der Waals surface area contributed by atoms with Crippen molar-refractivity contribution in [3.63, 3.8) is 0 Å². The van der Waals surface area contributed by atoms with E-state index in [0.29, 0.717) is 0 Å². The SMILES string of the molecule is [NH3+]S.[NH4+].[S-2]. The molecule has 0 amide bonds. The van der Waals surface area contributed by atoms with E-state index in [1.54, 1.807) is 0 Å². The normalized spacial score (nSPS) is 1.50. The van der Waals surface area contributed by atoms with Gasteiger partial charge in [-0.3, -0.25) is 5.14 Å². The van der Waals surface area contributed by atoms with Gasteiger partial charge in [0.2, 0.25) is 0 Å². The van der Waals surface area contributed by atoms with Gasteiger partial charge in [0.15, 0.2) is 0 Å². The molecule has 0 radical (unpaired) electrons. The first-order valence-electron chi connectivity index (χ1n) is 0.316. The topological polar surface area (TPSA) is 64.1 Å². The standard InChI is InChI=1S/H3NS.H3N.S/c1-2;;/h2H,1H2;1H3;/q;;-2/p+2. The molecule has 0 heterocycles. The number of hydrogen-bond donors (Lipinski definition) is 3. The van der Waals surface area contributed by atoms with Crippen LogP contribution in [0.25, 0.3) is 0 Å². The molecule has 7 N–H and O–H groups in total. The molecule has 30 valence electrons. The average Bonchev–Trinajstić information content (AvgIpc) is 1.00. The van der Waals surface area contributed by atoms with E-state index in [1.807, 2.05) is 0 Å². The van der Waals surface area contributed by atoms with Gasteiger partial charge in [0.05, 0.1) is 12.8 Å². The molecule has 0 aromatic carbocycles. The van der Waals surface area contributed by atoms with Crippen LogP contribution in [0.15, 0.2) is 0 Å². The Morgan fingerprint density at radius 1 is 1.25 bits per heavy atom. The minimum atomic E-state index is 0. The fourth-order valence-corrected chi connectivity index (χ4v) is 0. The van der Waals surface area contributed by atoms with Crippen LogP contribution in [-0.4, -0.2) is 0 Å². The van der Waals surface area contributed by atoms with Crippen molar-refractivity contribution in [2.75, 3.05) is 0 Å². The third kappa shape index (κ3) is 17.9. The molecule has 0 saturated carbocycles. The maximum absolute atomic E-state index is 3.28. The number of thiol groups is 1. The molecular weight excluding hydrogens is 92.1 g/mol. The summed E-state index contributed by atoms with van der Waals surface area (Å²) in [6, 6.07) is 0. The number of quaternary nitrogens is 2. The molecule has 0 aliphatic carbocycles. The van der Waals surface area contributed by atoms with Crippen molar-refractivity contribution in [1.82, 2.24) is 6.15 Å². The second-order valence-electron chi connectivity index (χ2n) is 0. The van der Waals surface area contributed by atoms with Crippen LogP contribution >= 0.6 is 12.8 Å². The lowest BCUT2D eigenvalue weighted by Crippen LogP contribution is -2.29. The molecule has 0 bridgehead atoms. The quantitative estimate of drug-likeness (QED) is 0.342. The molecule has 4 heavy (non-hydrogen) atoms. The Morgan fingerprint density at radius 3 is 1.25 bits per heavy atom. The summed E-state index contributed by atoms with van der Waals surface area (Å²) < 4.78 is 0. The molecule has 0 aromatic rings. The molecule has 0 unspecified atom stereocenters. The van der Waals surface area contributed by atoms with Crippen LogP contribution in [0.1, 0.15) is 0 Å². The highest BCUT2D eigenvalue weighted by atomic mass is 32.1. The van der Waals surface area contributed by atoms with Crippen LogP contribution in [0.4, 0.5) is 0 Å². The van der Waals surface area contributed by atoms with Crippen LogP contribution in [-0.2, 0) is 13.5 Å². The predicted octanol–water partition coefficient (Wildman–Crippen LogP) is -0.553. The molecule has 0 fully saturated rings. The summed E-state index contributed by atoms with van der Waals surface area (Å²) in [7, 11) is 0. The Kier molecular flexibility index (Phi) is 373. The second-order valence-corrected chi connectivity index (χ2v) is 0. The maximum atomic E-state index is 3.28. The summed E-state index contributed by atoms with van der Waals surface area (Å²) in [5.74, 6) is 0. The van der Waals surface area contributed by atoms with Crippen molar-refractivity contribution < 1.29 is 5.14 Å². The fraction of sp³-hybridized carbons (Fsp3) is 0. The van der Waals surface area contributed by atoms with Gasteiger partial charge >= 0.3 is 0 Å². The molecule has 0 atom stereocenters. The van der Waals surface area contributed by atoms with Gasteiger partial charge in [0.1, 0.15) is 0 Å². The third-order valence-electron chi connectivity index (χ3n) is 0. The van der Waals surface area contributed by atoms with E-state index >= 15 is 0 Å². The molecule has 0 aliphatic heterocycles. The molecule has 4 heteroatoms. The molecule has 0 aromatic heterocycles. The Balaban J connectivity index is -0.00000000500. The molecule has 0 rings (SSSR count). The van der Waals surface area contributed by atoms with Gasteiger partial charge in [-0.05, 0) is 0 Å². The minimum absolute atomic E-state index is 0. The van der Waals surface area contributed by atoms with Gasteiger partial charge in [0, 0.05) is 0 Å². The van der Waals surface area contributed by atoms with Gasteiger partial charge in [-0.15, -0.1) is 0 Å². The van der Waals surface area contributed by atoms with Crippen molar-refractivity contribution in [2.24, 2.45) is 0 Å². The Morgan fingerprint density at radius 2 is 1.25 bits per heavy atom. The lowest BCUT2D eigenvalue weighted by atomic mass is 14.0. The lowest BCUT2D eigenvalue weighted by molar-refractivity contribution is -0.130. The second kappa shape index (κ2) is 64.6. The van der Waals surface area contributed by atoms with Crippen LogP contribution in [0.2, 0.25) is 0 Å². The van der Waals surface area contributed by atoms with Crippen molar-refractivity contribution in [3.8, 4) is 0 Å². The van der Waals surface area contributed by atoms with E-state index < -0.39 is 0 Å². The van der Waals surface area contributed by atoms with Crippen LogP contribution in [0, 0.1) is 0 Å². The van der Waals surface area contributed by atoms with Crippen molar-refractivity contribution in [3.05, 3.63) is 0 Å². The summed E-state index contributed by atoms with van der Waals surface area (Å²) in [6.45, 7) is 0. The van der Waals surface area contributed by atoms with Gasteiger partial charge in [-0.2, -0.15) is 0 Å². The minimum Gasteiger partial charge on any atom is -2.00 e. The average molecular weight is 100 g/mol. The molecular formula is H8N2S2. The lowest BCUT2D eigenvalue weighted by Gasteiger charge is -2.00. The zero-order chi connectivity index (χ0) is 2.00. The largest absolute Gasteiger partial charge is 2.00 e. The van der Waals surface area contributed by atoms with Crippen LogP contribution in [0.3, 0.4) is 0 Å². The zero-order valence-corrected chi connectivity index (χ0v) is 4.27. The van der Waals surface area contributed by atoms with E-state index in [4.69, 9.17) is 0 Å². The summed E-state index contributed by atoms with van der Waals surface area (Å²) >= 11 is 3.28. The maximum Gasteiger partial charge on any atom is 0.0527 e. The zero-order valence-electron chi connectivity index (χ0n) is 2.56. The van der Waals surface area contributed by atoms with Gasteiger partial charge in [0.25, 0.3) is 0 Å². The summed E-state index contributed by atoms with van der Waals surface area (Å²) in [4.78, 5) is 0.